The average molecular weight is 324 g/mol. The van der Waals surface area contributed by atoms with Crippen LogP contribution in [0, 0.1) is 0 Å². The summed E-state index contributed by atoms with van der Waals surface area (Å²) in [4.78, 5) is 4.45. The number of nitrogens with two attached hydrogens (primary N) is 1. The fraction of sp³-hybridized carbons (Fsp3) is 0.231. The predicted octanol–water partition coefficient (Wildman–Crippen LogP) is 0.875. The van der Waals surface area contributed by atoms with Crippen molar-refractivity contribution in [1.29, 1.82) is 0 Å². The number of aromatic nitrogens is 2. The standard InChI is InChI=1S/C13H16N4O2S2/c1-16-7-6-15-12(16)9-17(2)21(18,19)11-5-3-4-10(8-11)13(14)20/h3-8H,9H2,1-2H3,(H2,14,20). The van der Waals surface area contributed by atoms with Gasteiger partial charge in [-0.2, -0.15) is 4.31 Å². The molecule has 0 saturated heterocycles. The van der Waals surface area contributed by atoms with Crippen molar-refractivity contribution in [3.05, 3.63) is 48.0 Å². The van der Waals surface area contributed by atoms with Crippen molar-refractivity contribution in [3.63, 3.8) is 0 Å². The molecule has 6 nitrogen and oxygen atoms in total. The molecular formula is C13H16N4O2S2. The molecule has 0 radical (unpaired) electrons. The monoisotopic (exact) mass is 324 g/mol. The Bertz CT molecular complexity index is 768. The third kappa shape index (κ3) is 3.29. The number of rotatable bonds is 5. The van der Waals surface area contributed by atoms with Gasteiger partial charge in [0, 0.05) is 32.1 Å². The van der Waals surface area contributed by atoms with Crippen molar-refractivity contribution in [3.8, 4) is 0 Å². The summed E-state index contributed by atoms with van der Waals surface area (Å²) in [6, 6.07) is 6.30. The molecule has 0 amide bonds. The first-order chi connectivity index (χ1) is 9.82. The second-order valence-corrected chi connectivity index (χ2v) is 7.09. The number of hydrogen-bond acceptors (Lipinski definition) is 4. The van der Waals surface area contributed by atoms with Crippen LogP contribution < -0.4 is 5.73 Å². The third-order valence-corrected chi connectivity index (χ3v) is 5.15. The minimum Gasteiger partial charge on any atom is -0.389 e. The van der Waals surface area contributed by atoms with Crippen LogP contribution in [0.2, 0.25) is 0 Å². The van der Waals surface area contributed by atoms with E-state index in [1.807, 2.05) is 7.05 Å². The molecule has 8 heteroatoms. The smallest absolute Gasteiger partial charge is 0.243 e. The van der Waals surface area contributed by atoms with E-state index in [0.717, 1.165) is 0 Å². The van der Waals surface area contributed by atoms with Gasteiger partial charge in [-0.05, 0) is 12.1 Å². The summed E-state index contributed by atoms with van der Waals surface area (Å²) in [5.74, 6) is 0.659. The Labute approximate surface area is 129 Å². The fourth-order valence-electron chi connectivity index (χ4n) is 1.82. The highest BCUT2D eigenvalue weighted by molar-refractivity contribution is 7.89. The van der Waals surface area contributed by atoms with Crippen LogP contribution in [0.4, 0.5) is 0 Å². The van der Waals surface area contributed by atoms with Gasteiger partial charge in [0.15, 0.2) is 0 Å². The SMILES string of the molecule is CN(Cc1nccn1C)S(=O)(=O)c1cccc(C(N)=S)c1. The van der Waals surface area contributed by atoms with Gasteiger partial charge in [-0.25, -0.2) is 13.4 Å². The lowest BCUT2D eigenvalue weighted by Crippen LogP contribution is -2.28. The lowest BCUT2D eigenvalue weighted by molar-refractivity contribution is 0.451. The average Bonchev–Trinajstić information content (AvgIpc) is 2.84. The van der Waals surface area contributed by atoms with Crippen molar-refractivity contribution in [2.24, 2.45) is 12.8 Å². The predicted molar refractivity (Wildman–Crippen MR) is 84.2 cm³/mol. The van der Waals surface area contributed by atoms with Crippen LogP contribution in [-0.2, 0) is 23.6 Å². The Kier molecular flexibility index (Phi) is 4.40. The normalized spacial score (nSPS) is 11.8. The minimum absolute atomic E-state index is 0.157. The van der Waals surface area contributed by atoms with Gasteiger partial charge in [-0.3, -0.25) is 0 Å². The van der Waals surface area contributed by atoms with Crippen LogP contribution in [0.25, 0.3) is 0 Å². The fourth-order valence-corrected chi connectivity index (χ4v) is 3.12. The molecule has 2 N–H and O–H groups in total. The maximum Gasteiger partial charge on any atom is 0.243 e. The summed E-state index contributed by atoms with van der Waals surface area (Å²) >= 11 is 4.88. The zero-order chi connectivity index (χ0) is 15.6. The van der Waals surface area contributed by atoms with Crippen molar-refractivity contribution >= 4 is 27.2 Å². The molecule has 2 aromatic rings. The van der Waals surface area contributed by atoms with E-state index in [1.54, 1.807) is 29.1 Å². The first kappa shape index (κ1) is 15.6. The van der Waals surface area contributed by atoms with Gasteiger partial charge >= 0.3 is 0 Å². The van der Waals surface area contributed by atoms with Gasteiger partial charge < -0.3 is 10.3 Å². The number of sulfonamides is 1. The maximum absolute atomic E-state index is 12.5. The zero-order valence-electron chi connectivity index (χ0n) is 11.7. The van der Waals surface area contributed by atoms with Gasteiger partial charge in [0.1, 0.15) is 10.8 Å². The minimum atomic E-state index is -3.62. The molecule has 21 heavy (non-hydrogen) atoms. The maximum atomic E-state index is 12.5. The van der Waals surface area contributed by atoms with Crippen LogP contribution in [0.3, 0.4) is 0 Å². The van der Waals surface area contributed by atoms with Gasteiger partial charge in [-0.15, -0.1) is 0 Å². The largest absolute Gasteiger partial charge is 0.389 e. The first-order valence-electron chi connectivity index (χ1n) is 6.15. The van der Waals surface area contributed by atoms with Crippen molar-refractivity contribution in [2.45, 2.75) is 11.4 Å². The van der Waals surface area contributed by atoms with Crippen LogP contribution in [-0.4, -0.2) is 34.3 Å². The molecule has 0 unspecified atom stereocenters. The van der Waals surface area contributed by atoms with Crippen LogP contribution in [0.5, 0.6) is 0 Å². The molecule has 2 rings (SSSR count). The quantitative estimate of drug-likeness (QED) is 0.826. The number of benzene rings is 1. The second-order valence-electron chi connectivity index (χ2n) is 4.61. The third-order valence-electron chi connectivity index (χ3n) is 3.11. The molecule has 112 valence electrons. The van der Waals surface area contributed by atoms with Gasteiger partial charge in [-0.1, -0.05) is 24.4 Å². The van der Waals surface area contributed by atoms with Gasteiger partial charge in [0.2, 0.25) is 10.0 Å². The molecule has 0 atom stereocenters. The molecule has 1 aromatic heterocycles. The van der Waals surface area contributed by atoms with E-state index in [-0.39, 0.29) is 16.4 Å². The topological polar surface area (TPSA) is 81.2 Å². The molecule has 0 saturated carbocycles. The van der Waals surface area contributed by atoms with E-state index >= 15 is 0 Å². The molecule has 0 bridgehead atoms. The van der Waals surface area contributed by atoms with Crippen molar-refractivity contribution < 1.29 is 8.42 Å². The van der Waals surface area contributed by atoms with E-state index in [2.05, 4.69) is 4.98 Å². The number of hydrogen-bond donors (Lipinski definition) is 1. The Morgan fingerprint density at radius 2 is 2.19 bits per heavy atom. The number of nitrogens with zero attached hydrogens (tertiary/aromatic N) is 3. The summed E-state index contributed by atoms with van der Waals surface area (Å²) in [6.45, 7) is 0.184. The molecular weight excluding hydrogens is 308 g/mol. The molecule has 0 aliphatic heterocycles. The number of imidazole rings is 1. The molecule has 0 aliphatic rings. The Hall–Kier alpha value is -1.77. The summed E-state index contributed by atoms with van der Waals surface area (Å²) < 4.78 is 28.1. The molecule has 0 aliphatic carbocycles. The van der Waals surface area contributed by atoms with Crippen LogP contribution in [0.1, 0.15) is 11.4 Å². The van der Waals surface area contributed by atoms with Gasteiger partial charge in [0.25, 0.3) is 0 Å². The lowest BCUT2D eigenvalue weighted by Gasteiger charge is -2.17. The molecule has 0 fully saturated rings. The number of thiocarbonyl (C=S) groups is 1. The van der Waals surface area contributed by atoms with Gasteiger partial charge in [0.05, 0.1) is 11.4 Å². The van der Waals surface area contributed by atoms with Crippen molar-refractivity contribution in [2.75, 3.05) is 7.05 Å². The summed E-state index contributed by atoms with van der Waals surface area (Å²) in [5, 5.41) is 0. The van der Waals surface area contributed by atoms with E-state index in [1.165, 1.54) is 23.5 Å². The van der Waals surface area contributed by atoms with E-state index in [4.69, 9.17) is 18.0 Å². The van der Waals surface area contributed by atoms with E-state index in [0.29, 0.717) is 11.4 Å². The second kappa shape index (κ2) is 5.92. The van der Waals surface area contributed by atoms with Crippen LogP contribution >= 0.6 is 12.2 Å². The molecule has 1 heterocycles. The highest BCUT2D eigenvalue weighted by atomic mass is 32.2. The Morgan fingerprint density at radius 1 is 1.48 bits per heavy atom. The Balaban J connectivity index is 2.31. The first-order valence-corrected chi connectivity index (χ1v) is 7.99. The van der Waals surface area contributed by atoms with E-state index < -0.39 is 10.0 Å². The van der Waals surface area contributed by atoms with Crippen LogP contribution in [0.15, 0.2) is 41.6 Å². The Morgan fingerprint density at radius 3 is 2.76 bits per heavy atom. The summed E-state index contributed by atoms with van der Waals surface area (Å²) in [6.07, 6.45) is 3.40. The number of aryl methyl sites for hydroxylation is 1. The summed E-state index contributed by atoms with van der Waals surface area (Å²) in [5.41, 5.74) is 6.07. The van der Waals surface area contributed by atoms with Crippen molar-refractivity contribution in [1.82, 2.24) is 13.9 Å². The summed E-state index contributed by atoms with van der Waals surface area (Å²) in [7, 11) is -0.296. The highest BCUT2D eigenvalue weighted by Crippen LogP contribution is 2.17. The van der Waals surface area contributed by atoms with E-state index in [9.17, 15) is 8.42 Å². The molecule has 0 spiro atoms. The lowest BCUT2D eigenvalue weighted by atomic mass is 10.2. The molecule has 1 aromatic carbocycles. The zero-order valence-corrected chi connectivity index (χ0v) is 13.4. The highest BCUT2D eigenvalue weighted by Gasteiger charge is 2.22.